The van der Waals surface area contributed by atoms with Gasteiger partial charge in [-0.25, -0.2) is 16.8 Å². The Bertz CT molecular complexity index is 1910. The third-order valence-electron chi connectivity index (χ3n) is 6.81. The Labute approximate surface area is 699 Å². The molecule has 0 amide bonds. The number of hydrogen-bond donors (Lipinski definition) is 0. The molecule has 0 aliphatic heterocycles. The molecule has 0 heterocycles. The summed E-state index contributed by atoms with van der Waals surface area (Å²) in [7, 11) is -6.90. The molecule has 6 aromatic carbocycles. The molecule has 14 heteroatoms. The van der Waals surface area contributed by atoms with Gasteiger partial charge in [-0.3, -0.25) is 0 Å². The maximum atomic E-state index is 12.0. The van der Waals surface area contributed by atoms with Gasteiger partial charge in [0.15, 0.2) is 19.7 Å². The van der Waals surface area contributed by atoms with E-state index in [1.807, 2.05) is 67.5 Å². The van der Waals surface area contributed by atoms with Crippen molar-refractivity contribution in [2.24, 2.45) is 23.7 Å². The number of benzene rings is 6. The molecule has 0 saturated heterocycles. The zero-order chi connectivity index (χ0) is 57.1. The van der Waals surface area contributed by atoms with E-state index in [9.17, 15) is 16.8 Å². The fraction of sp³-hybridized carbons (Fsp3) is 0.455. The zero-order valence-corrected chi connectivity index (χ0v) is 78.9. The molecule has 432 valence electrons. The molecule has 0 aliphatic rings. The maximum Gasteiger partial charge on any atom is 0.160 e. The van der Waals surface area contributed by atoms with Crippen LogP contribution in [0.15, 0.2) is 177 Å². The summed E-state index contributed by atoms with van der Waals surface area (Å²) < 4.78 is 47.9. The van der Waals surface area contributed by atoms with Gasteiger partial charge in [-0.05, 0) is 66.2 Å². The van der Waals surface area contributed by atoms with Crippen LogP contribution in [0.4, 0.5) is 0 Å². The van der Waals surface area contributed by atoms with Crippen LogP contribution >= 0.6 is 0 Å². The van der Waals surface area contributed by atoms with Gasteiger partial charge >= 0.3 is 0 Å². The Morgan fingerprint density at radius 2 is 0.388 bits per heavy atom. The van der Waals surface area contributed by atoms with E-state index in [4.69, 9.17) is 0 Å². The summed E-state index contributed by atoms with van der Waals surface area (Å²) >= 11 is 0. The smallest absolute Gasteiger partial charge is 0.160 e. The first-order valence-electron chi connectivity index (χ1n) is 26.4. The van der Waals surface area contributed by atoms with Crippen molar-refractivity contribution in [2.75, 3.05) is 0 Å². The van der Waals surface area contributed by atoms with E-state index in [1.54, 1.807) is 72.8 Å². The normalized spacial score (nSPS) is 8.57. The van der Waals surface area contributed by atoms with E-state index in [2.05, 4.69) is 184 Å². The Morgan fingerprint density at radius 3 is 0.487 bits per heavy atom. The molecule has 6 rings (SSSR count). The summed E-state index contributed by atoms with van der Waals surface area (Å²) in [5, 5.41) is 0. The minimum absolute atomic E-state index is 0. The molecule has 80 heavy (non-hydrogen) atoms. The van der Waals surface area contributed by atoms with Crippen LogP contribution in [0.2, 0.25) is 0 Å². The fourth-order valence-electron chi connectivity index (χ4n) is 4.09. The minimum Gasteiger partial charge on any atom is -0.223 e. The average Bonchev–Trinajstić information content (AvgIpc) is 3.38. The van der Waals surface area contributed by atoms with Gasteiger partial charge in [0.2, 0.25) is 0 Å². The molecule has 0 saturated carbocycles. The van der Waals surface area contributed by atoms with Crippen molar-refractivity contribution < 1.29 is 279 Å². The predicted molar refractivity (Wildman–Crippen MR) is 321 cm³/mol. The summed E-state index contributed by atoms with van der Waals surface area (Å²) in [6, 6.07) is 57.9. The molecule has 8 radical (unpaired) electrons. The van der Waals surface area contributed by atoms with Gasteiger partial charge in [-0.15, -0.1) is 0 Å². The van der Waals surface area contributed by atoms with Crippen LogP contribution < -0.4 is 0 Å². The standard InChI is InChI=1S/2C12H8O2S.2C9H12.4C4H10.4C2H6.8Y/c2*13-15(14,11-7-3-1-4-8-11)12-9-5-2-6-10-12;2*1-8(2)9-6-4-3-5-7-9;4*1-4(2)3;4*1-2;;;;;;;;/h2*1-7,9H;2*3-8H,1-2H3;4*4H,1-3H3;4*1-2H3;;;;;;;;/q2*-2;;;;;;;;;;;;;;;;;;. The van der Waals surface area contributed by atoms with Gasteiger partial charge in [0.05, 0.1) is 0 Å². The van der Waals surface area contributed by atoms with Gasteiger partial charge in [-0.1, -0.05) is 227 Å². The summed E-state index contributed by atoms with van der Waals surface area (Å²) in [5.74, 6) is 4.65. The van der Waals surface area contributed by atoms with Gasteiger partial charge < -0.3 is 0 Å². The van der Waals surface area contributed by atoms with Crippen LogP contribution in [0, 0.1) is 47.9 Å². The van der Waals surface area contributed by atoms with Crippen molar-refractivity contribution in [1.82, 2.24) is 0 Å². The number of rotatable bonds is 6. The van der Waals surface area contributed by atoms with Crippen molar-refractivity contribution in [3.8, 4) is 0 Å². The maximum absolute atomic E-state index is 12.0. The number of sulfone groups is 2. The van der Waals surface area contributed by atoms with Crippen LogP contribution in [-0.4, -0.2) is 16.8 Å². The molecule has 0 atom stereocenters. The Balaban J connectivity index is -0.0000000525. The van der Waals surface area contributed by atoms with E-state index < -0.39 is 19.7 Å². The van der Waals surface area contributed by atoms with E-state index in [0.29, 0.717) is 11.8 Å². The second-order valence-corrected chi connectivity index (χ2v) is 21.7. The number of hydrogen-bond acceptors (Lipinski definition) is 4. The van der Waals surface area contributed by atoms with Crippen LogP contribution in [0.3, 0.4) is 0 Å². The molecule has 0 unspecified atom stereocenters. The first kappa shape index (κ1) is 118. The second-order valence-electron chi connectivity index (χ2n) is 18.0. The third-order valence-corrected chi connectivity index (χ3v) is 10.1. The van der Waals surface area contributed by atoms with E-state index in [1.165, 1.54) is 35.4 Å². The van der Waals surface area contributed by atoms with Gasteiger partial charge in [0.1, 0.15) is 0 Å². The van der Waals surface area contributed by atoms with Crippen LogP contribution in [0.5, 0.6) is 0 Å². The topological polar surface area (TPSA) is 68.3 Å². The van der Waals surface area contributed by atoms with Crippen molar-refractivity contribution in [1.29, 1.82) is 0 Å². The molecule has 0 N–H and O–H groups in total. The first-order chi connectivity index (χ1) is 34.0. The zero-order valence-electron chi connectivity index (χ0n) is 54.5. The molecule has 4 nitrogen and oxygen atoms in total. The molecule has 0 spiro atoms. The molecule has 0 aromatic heterocycles. The van der Waals surface area contributed by atoms with Gasteiger partial charge in [0, 0.05) is 262 Å². The monoisotopic (exact) mass is 1740 g/mol. The van der Waals surface area contributed by atoms with Crippen LogP contribution in [0.25, 0.3) is 0 Å². The summed E-state index contributed by atoms with van der Waals surface area (Å²) in [6.45, 7) is 50.8. The second kappa shape index (κ2) is 83.1. The molecule has 6 aromatic rings. The average molecular weight is 1740 g/mol. The fourth-order valence-corrected chi connectivity index (χ4v) is 6.49. The molecule has 0 bridgehead atoms. The minimum atomic E-state index is -3.45. The quantitative estimate of drug-likeness (QED) is 0.156. The third kappa shape index (κ3) is 76.3. The van der Waals surface area contributed by atoms with Gasteiger partial charge in [-0.2, -0.15) is 121 Å². The summed E-state index contributed by atoms with van der Waals surface area (Å²) in [4.78, 5) is 0.694. The van der Waals surface area contributed by atoms with Crippen LogP contribution in [0.1, 0.15) is 189 Å². The molecular weight excluding hydrogens is 1630 g/mol. The molecule has 0 fully saturated rings. The van der Waals surface area contributed by atoms with E-state index >= 15 is 0 Å². The van der Waals surface area contributed by atoms with Gasteiger partial charge in [0.25, 0.3) is 0 Å². The van der Waals surface area contributed by atoms with Crippen molar-refractivity contribution in [3.05, 3.63) is 193 Å². The predicted octanol–water partition coefficient (Wildman–Crippen LogP) is 20.6. The van der Waals surface area contributed by atoms with E-state index in [-0.39, 0.29) is 281 Å². The SMILES string of the molecule is CC.CC.CC.CC.CC(C)C.CC(C)C.CC(C)C.CC(C)C.CC(C)c1ccccc1.CC(C)c1ccccc1.O=S(=O)(c1[c-]cccc1)c1[c-]cccc1.O=S(=O)(c1[c-]cccc1)c1[c-]cccc1.[Y].[Y].[Y].[Y].[Y].[Y].[Y].[Y]. The van der Waals surface area contributed by atoms with Crippen LogP contribution in [-0.2, 0) is 281 Å². The summed E-state index contributed by atoms with van der Waals surface area (Å²) in [6.07, 6.45) is 0. The Morgan fingerprint density at radius 1 is 0.250 bits per heavy atom. The van der Waals surface area contributed by atoms with Crippen molar-refractivity contribution in [3.63, 3.8) is 0 Å². The molecular formula is C66H104O4S2Y8-4. The van der Waals surface area contributed by atoms with Crippen molar-refractivity contribution in [2.45, 2.75) is 198 Å². The Kier molecular flexibility index (Phi) is 123. The molecule has 0 aliphatic carbocycles. The Hall–Kier alpha value is 4.05. The van der Waals surface area contributed by atoms with Crippen molar-refractivity contribution >= 4 is 19.7 Å². The largest absolute Gasteiger partial charge is 0.223 e. The van der Waals surface area contributed by atoms with E-state index in [0.717, 1.165) is 23.7 Å². The first-order valence-corrected chi connectivity index (χ1v) is 29.4. The summed E-state index contributed by atoms with van der Waals surface area (Å²) in [5.41, 5.74) is 2.83.